The molecule has 1 fully saturated rings. The van der Waals surface area contributed by atoms with Gasteiger partial charge < -0.3 is 11.1 Å². The van der Waals surface area contributed by atoms with Crippen LogP contribution in [-0.4, -0.2) is 63.5 Å². The van der Waals surface area contributed by atoms with Gasteiger partial charge >= 0.3 is 0 Å². The summed E-state index contributed by atoms with van der Waals surface area (Å²) >= 11 is 0. The molecule has 1 aliphatic heterocycles. The normalized spacial score (nSPS) is 19.9. The van der Waals surface area contributed by atoms with Crippen molar-refractivity contribution in [3.05, 3.63) is 0 Å². The lowest BCUT2D eigenvalue weighted by Gasteiger charge is -2.26. The lowest BCUT2D eigenvalue weighted by molar-refractivity contribution is 0.300. The summed E-state index contributed by atoms with van der Waals surface area (Å²) in [4.78, 5) is 6.41. The summed E-state index contributed by atoms with van der Waals surface area (Å²) in [5, 5.41) is 3.08. The number of nitrogens with two attached hydrogens (primary N) is 1. The van der Waals surface area contributed by atoms with E-state index in [1.165, 1.54) is 19.3 Å². The van der Waals surface area contributed by atoms with Gasteiger partial charge in [0.1, 0.15) is 0 Å². The molecule has 0 saturated carbocycles. The average Bonchev–Trinajstić information content (AvgIpc) is 2.40. The van der Waals surface area contributed by atoms with E-state index in [0.29, 0.717) is 25.6 Å². The Balaban J connectivity index is 2.07. The number of unbranched alkanes of at least 4 members (excludes halogenated alkanes) is 3. The van der Waals surface area contributed by atoms with Gasteiger partial charge in [-0.25, -0.2) is 8.42 Å². The molecule has 0 unspecified atom stereocenters. The number of rotatable bonds is 8. The van der Waals surface area contributed by atoms with Gasteiger partial charge in [-0.05, 0) is 6.42 Å². The highest BCUT2D eigenvalue weighted by Gasteiger charge is 2.20. The van der Waals surface area contributed by atoms with E-state index in [1.54, 1.807) is 0 Å². The Morgan fingerprint density at radius 1 is 1.25 bits per heavy atom. The molecular formula is C13H28N4O2S. The van der Waals surface area contributed by atoms with Gasteiger partial charge in [-0.2, -0.15) is 0 Å². The van der Waals surface area contributed by atoms with Gasteiger partial charge in [-0.15, -0.1) is 0 Å². The predicted octanol–water partition coefficient (Wildman–Crippen LogP) is 0.201. The van der Waals surface area contributed by atoms with Gasteiger partial charge in [-0.3, -0.25) is 9.89 Å². The Bertz CT molecular complexity index is 381. The first-order valence-corrected chi connectivity index (χ1v) is 9.32. The van der Waals surface area contributed by atoms with Crippen LogP contribution in [0.3, 0.4) is 0 Å². The molecule has 0 radical (unpaired) electrons. The first-order valence-electron chi connectivity index (χ1n) is 7.50. The van der Waals surface area contributed by atoms with Gasteiger partial charge in [-0.1, -0.05) is 26.2 Å². The van der Waals surface area contributed by atoms with Gasteiger partial charge in [0.05, 0.1) is 11.5 Å². The van der Waals surface area contributed by atoms with Crippen molar-refractivity contribution in [2.75, 3.05) is 44.2 Å². The molecule has 20 heavy (non-hydrogen) atoms. The van der Waals surface area contributed by atoms with Crippen LogP contribution in [0.4, 0.5) is 0 Å². The van der Waals surface area contributed by atoms with Crippen LogP contribution in [0.15, 0.2) is 4.99 Å². The topological polar surface area (TPSA) is 87.8 Å². The zero-order valence-corrected chi connectivity index (χ0v) is 13.3. The zero-order valence-electron chi connectivity index (χ0n) is 12.5. The van der Waals surface area contributed by atoms with Crippen molar-refractivity contribution < 1.29 is 8.42 Å². The molecule has 3 N–H and O–H groups in total. The third-order valence-corrected chi connectivity index (χ3v) is 5.07. The molecule has 0 aromatic rings. The molecule has 118 valence electrons. The standard InChI is InChI=1S/C13H28N4O2S/c1-2-3-4-5-6-15-13(14)16-7-8-17-9-11-20(18,19)12-10-17/h2-12H2,1H3,(H3,14,15,16). The Labute approximate surface area is 122 Å². The molecule has 7 heteroatoms. The monoisotopic (exact) mass is 304 g/mol. The predicted molar refractivity (Wildman–Crippen MR) is 83.7 cm³/mol. The first-order chi connectivity index (χ1) is 9.53. The summed E-state index contributed by atoms with van der Waals surface area (Å²) in [7, 11) is -2.79. The zero-order chi connectivity index (χ0) is 14.8. The summed E-state index contributed by atoms with van der Waals surface area (Å²) in [6.45, 7) is 5.73. The molecular weight excluding hydrogens is 276 g/mol. The second-order valence-electron chi connectivity index (χ2n) is 5.25. The number of sulfone groups is 1. The summed E-state index contributed by atoms with van der Waals surface area (Å²) in [5.41, 5.74) is 5.77. The lowest BCUT2D eigenvalue weighted by atomic mass is 10.2. The van der Waals surface area contributed by atoms with E-state index in [4.69, 9.17) is 5.73 Å². The molecule has 0 amide bonds. The Kier molecular flexibility index (Phi) is 7.91. The molecule has 0 atom stereocenters. The van der Waals surface area contributed by atoms with E-state index < -0.39 is 9.84 Å². The minimum atomic E-state index is -2.79. The van der Waals surface area contributed by atoms with Crippen molar-refractivity contribution in [1.82, 2.24) is 10.2 Å². The number of guanidine groups is 1. The Morgan fingerprint density at radius 3 is 2.60 bits per heavy atom. The van der Waals surface area contributed by atoms with Crippen LogP contribution in [0.5, 0.6) is 0 Å². The van der Waals surface area contributed by atoms with Gasteiger partial charge in [0, 0.05) is 32.7 Å². The maximum atomic E-state index is 11.3. The maximum Gasteiger partial charge on any atom is 0.188 e. The molecule has 6 nitrogen and oxygen atoms in total. The van der Waals surface area contributed by atoms with E-state index in [0.717, 1.165) is 19.5 Å². The molecule has 1 saturated heterocycles. The van der Waals surface area contributed by atoms with Crippen molar-refractivity contribution in [1.29, 1.82) is 0 Å². The van der Waals surface area contributed by atoms with Crippen molar-refractivity contribution in [2.24, 2.45) is 10.7 Å². The molecule has 0 aromatic heterocycles. The highest BCUT2D eigenvalue weighted by Crippen LogP contribution is 2.02. The summed E-state index contributed by atoms with van der Waals surface area (Å²) in [6.07, 6.45) is 4.76. The highest BCUT2D eigenvalue weighted by molar-refractivity contribution is 7.91. The van der Waals surface area contributed by atoms with Crippen molar-refractivity contribution in [2.45, 2.75) is 32.6 Å². The van der Waals surface area contributed by atoms with E-state index in [-0.39, 0.29) is 11.5 Å². The van der Waals surface area contributed by atoms with Gasteiger partial charge in [0.2, 0.25) is 0 Å². The van der Waals surface area contributed by atoms with Crippen molar-refractivity contribution in [3.8, 4) is 0 Å². The average molecular weight is 304 g/mol. The Hall–Kier alpha value is -0.820. The molecule has 1 heterocycles. The fourth-order valence-corrected chi connectivity index (χ4v) is 3.39. The third-order valence-electron chi connectivity index (χ3n) is 3.47. The highest BCUT2D eigenvalue weighted by atomic mass is 32.2. The lowest BCUT2D eigenvalue weighted by Crippen LogP contribution is -2.44. The van der Waals surface area contributed by atoms with Gasteiger partial charge in [0.15, 0.2) is 15.8 Å². The fourth-order valence-electron chi connectivity index (χ4n) is 2.11. The number of hydrogen-bond donors (Lipinski definition) is 2. The van der Waals surface area contributed by atoms with E-state index in [9.17, 15) is 8.42 Å². The number of nitrogens with one attached hydrogen (secondary N) is 1. The van der Waals surface area contributed by atoms with Crippen LogP contribution in [0, 0.1) is 0 Å². The number of hydrogen-bond acceptors (Lipinski definition) is 4. The maximum absolute atomic E-state index is 11.3. The van der Waals surface area contributed by atoms with Crippen LogP contribution in [0.2, 0.25) is 0 Å². The Morgan fingerprint density at radius 2 is 1.95 bits per heavy atom. The number of nitrogens with zero attached hydrogens (tertiary/aromatic N) is 2. The van der Waals surface area contributed by atoms with Gasteiger partial charge in [0.25, 0.3) is 0 Å². The van der Waals surface area contributed by atoms with Crippen LogP contribution >= 0.6 is 0 Å². The van der Waals surface area contributed by atoms with Crippen LogP contribution in [0.1, 0.15) is 32.6 Å². The summed E-state index contributed by atoms with van der Waals surface area (Å²) in [5.74, 6) is 1.04. The van der Waals surface area contributed by atoms with Crippen LogP contribution < -0.4 is 11.1 Å². The van der Waals surface area contributed by atoms with Crippen LogP contribution in [0.25, 0.3) is 0 Å². The second-order valence-corrected chi connectivity index (χ2v) is 7.55. The van der Waals surface area contributed by atoms with Crippen molar-refractivity contribution in [3.63, 3.8) is 0 Å². The van der Waals surface area contributed by atoms with E-state index in [2.05, 4.69) is 22.1 Å². The van der Waals surface area contributed by atoms with Crippen LogP contribution in [-0.2, 0) is 9.84 Å². The quantitative estimate of drug-likeness (QED) is 0.380. The largest absolute Gasteiger partial charge is 0.370 e. The second kappa shape index (κ2) is 9.18. The minimum Gasteiger partial charge on any atom is -0.370 e. The molecule has 0 aliphatic carbocycles. The molecule has 0 aromatic carbocycles. The fraction of sp³-hybridized carbons (Fsp3) is 0.923. The SMILES string of the molecule is CCCCCCN=C(N)NCCN1CCS(=O)(=O)CC1. The summed E-state index contributed by atoms with van der Waals surface area (Å²) < 4.78 is 22.6. The van der Waals surface area contributed by atoms with E-state index in [1.807, 2.05) is 0 Å². The molecule has 1 aliphatic rings. The first kappa shape index (κ1) is 17.2. The summed E-state index contributed by atoms with van der Waals surface area (Å²) in [6, 6.07) is 0. The molecule has 0 bridgehead atoms. The smallest absolute Gasteiger partial charge is 0.188 e. The molecule has 1 rings (SSSR count). The minimum absolute atomic E-state index is 0.272. The van der Waals surface area contributed by atoms with E-state index >= 15 is 0 Å². The molecule has 0 spiro atoms. The number of aliphatic imine (C=N–C) groups is 1. The third kappa shape index (κ3) is 7.69. The van der Waals surface area contributed by atoms with Crippen molar-refractivity contribution >= 4 is 15.8 Å².